The monoisotopic (exact) mass is 310 g/mol. The van der Waals surface area contributed by atoms with Crippen LogP contribution in [0.25, 0.3) is 0 Å². The van der Waals surface area contributed by atoms with Gasteiger partial charge in [0, 0.05) is 23.6 Å². The van der Waals surface area contributed by atoms with E-state index in [-0.39, 0.29) is 6.04 Å². The van der Waals surface area contributed by atoms with E-state index in [9.17, 15) is 0 Å². The molecular weight excluding hydrogens is 288 g/mol. The molecule has 0 aliphatic carbocycles. The number of hydrogen-bond donors (Lipinski definition) is 1. The highest BCUT2D eigenvalue weighted by Crippen LogP contribution is 2.31. The lowest BCUT2D eigenvalue weighted by Crippen LogP contribution is -2.34. The van der Waals surface area contributed by atoms with Crippen LogP contribution in [0.5, 0.6) is 0 Å². The van der Waals surface area contributed by atoms with E-state index in [2.05, 4.69) is 46.0 Å². The summed E-state index contributed by atoms with van der Waals surface area (Å²) in [6.45, 7) is 6.74. The van der Waals surface area contributed by atoms with Crippen molar-refractivity contribution in [3.05, 3.63) is 28.2 Å². The molecule has 0 radical (unpaired) electrons. The first-order valence-electron chi connectivity index (χ1n) is 6.85. The first-order chi connectivity index (χ1) is 8.56. The Labute approximate surface area is 119 Å². The molecule has 2 nitrogen and oxygen atoms in total. The van der Waals surface area contributed by atoms with Crippen LogP contribution in [0.3, 0.4) is 0 Å². The van der Waals surface area contributed by atoms with Crippen LogP contribution in [0.2, 0.25) is 0 Å². The maximum absolute atomic E-state index is 5.85. The SMILES string of the molecule is CC(N)Cc1ccc(N2CCCC(C)C2)c(Br)c1. The minimum atomic E-state index is 0.220. The molecule has 1 aromatic rings. The minimum absolute atomic E-state index is 0.220. The van der Waals surface area contributed by atoms with E-state index in [1.54, 1.807) is 0 Å². The lowest BCUT2D eigenvalue weighted by molar-refractivity contribution is 0.446. The maximum atomic E-state index is 5.85. The lowest BCUT2D eigenvalue weighted by atomic mass is 9.99. The number of piperidine rings is 1. The van der Waals surface area contributed by atoms with Crippen molar-refractivity contribution in [1.29, 1.82) is 0 Å². The third-order valence-electron chi connectivity index (χ3n) is 3.57. The molecule has 1 aliphatic rings. The molecule has 3 heteroatoms. The Morgan fingerprint density at radius 1 is 1.50 bits per heavy atom. The molecule has 0 aromatic heterocycles. The fourth-order valence-corrected chi connectivity index (χ4v) is 3.39. The molecule has 0 amide bonds. The number of nitrogens with two attached hydrogens (primary N) is 1. The number of halogens is 1. The Kier molecular flexibility index (Phi) is 4.68. The average Bonchev–Trinajstić information content (AvgIpc) is 2.28. The first kappa shape index (κ1) is 13.9. The quantitative estimate of drug-likeness (QED) is 0.924. The molecule has 0 bridgehead atoms. The van der Waals surface area contributed by atoms with Crippen LogP contribution in [0.4, 0.5) is 5.69 Å². The van der Waals surface area contributed by atoms with Gasteiger partial charge in [0.05, 0.1) is 5.69 Å². The molecule has 0 spiro atoms. The summed E-state index contributed by atoms with van der Waals surface area (Å²) < 4.78 is 1.20. The normalized spacial score (nSPS) is 22.0. The fourth-order valence-electron chi connectivity index (χ4n) is 2.71. The summed E-state index contributed by atoms with van der Waals surface area (Å²) >= 11 is 3.71. The van der Waals surface area contributed by atoms with Gasteiger partial charge in [-0.25, -0.2) is 0 Å². The van der Waals surface area contributed by atoms with Crippen LogP contribution in [-0.4, -0.2) is 19.1 Å². The standard InChI is InChI=1S/C15H23BrN2/c1-11-4-3-7-18(10-11)15-6-5-13(8-12(2)17)9-14(15)16/h5-6,9,11-12H,3-4,7-8,10,17H2,1-2H3. The molecule has 2 unspecified atom stereocenters. The largest absolute Gasteiger partial charge is 0.370 e. The third-order valence-corrected chi connectivity index (χ3v) is 4.20. The molecule has 1 aliphatic heterocycles. The fraction of sp³-hybridized carbons (Fsp3) is 0.600. The van der Waals surface area contributed by atoms with E-state index in [4.69, 9.17) is 5.73 Å². The predicted molar refractivity (Wildman–Crippen MR) is 82.1 cm³/mol. The zero-order valence-electron chi connectivity index (χ0n) is 11.3. The third kappa shape index (κ3) is 3.48. The van der Waals surface area contributed by atoms with Crippen LogP contribution in [0.15, 0.2) is 22.7 Å². The Morgan fingerprint density at radius 3 is 2.89 bits per heavy atom. The van der Waals surface area contributed by atoms with Crippen molar-refractivity contribution in [1.82, 2.24) is 0 Å². The topological polar surface area (TPSA) is 29.3 Å². The zero-order valence-corrected chi connectivity index (χ0v) is 12.9. The van der Waals surface area contributed by atoms with Crippen molar-refractivity contribution in [2.45, 2.75) is 39.2 Å². The van der Waals surface area contributed by atoms with Crippen LogP contribution in [0.1, 0.15) is 32.3 Å². The van der Waals surface area contributed by atoms with E-state index in [0.717, 1.165) is 12.3 Å². The molecular formula is C15H23BrN2. The van der Waals surface area contributed by atoms with Gasteiger partial charge in [-0.2, -0.15) is 0 Å². The lowest BCUT2D eigenvalue weighted by Gasteiger charge is -2.33. The molecule has 18 heavy (non-hydrogen) atoms. The van der Waals surface area contributed by atoms with Crippen molar-refractivity contribution < 1.29 is 0 Å². The van der Waals surface area contributed by atoms with Gasteiger partial charge in [0.1, 0.15) is 0 Å². The molecule has 1 aromatic carbocycles. The van der Waals surface area contributed by atoms with E-state index in [0.29, 0.717) is 0 Å². The van der Waals surface area contributed by atoms with Crippen LogP contribution in [-0.2, 0) is 6.42 Å². The van der Waals surface area contributed by atoms with Gasteiger partial charge in [0.2, 0.25) is 0 Å². The summed E-state index contributed by atoms with van der Waals surface area (Å²) in [4.78, 5) is 2.49. The molecule has 1 heterocycles. The van der Waals surface area contributed by atoms with Crippen molar-refractivity contribution in [3.8, 4) is 0 Å². The summed E-state index contributed by atoms with van der Waals surface area (Å²) in [7, 11) is 0. The smallest absolute Gasteiger partial charge is 0.0510 e. The van der Waals surface area contributed by atoms with Gasteiger partial charge >= 0.3 is 0 Å². The van der Waals surface area contributed by atoms with Gasteiger partial charge in [-0.15, -0.1) is 0 Å². The van der Waals surface area contributed by atoms with Gasteiger partial charge in [-0.1, -0.05) is 13.0 Å². The van der Waals surface area contributed by atoms with Crippen LogP contribution in [0, 0.1) is 5.92 Å². The van der Waals surface area contributed by atoms with E-state index >= 15 is 0 Å². The molecule has 2 N–H and O–H groups in total. The Morgan fingerprint density at radius 2 is 2.28 bits per heavy atom. The number of anilines is 1. The molecule has 0 saturated carbocycles. The highest BCUT2D eigenvalue weighted by Gasteiger charge is 2.18. The molecule has 100 valence electrons. The molecule has 2 rings (SSSR count). The summed E-state index contributed by atoms with van der Waals surface area (Å²) in [6.07, 6.45) is 3.60. The number of hydrogen-bond acceptors (Lipinski definition) is 2. The number of nitrogens with zero attached hydrogens (tertiary/aromatic N) is 1. The zero-order chi connectivity index (χ0) is 13.1. The van der Waals surface area contributed by atoms with E-state index in [1.807, 2.05) is 6.92 Å². The summed E-state index contributed by atoms with van der Waals surface area (Å²) in [5.74, 6) is 0.800. The summed E-state index contributed by atoms with van der Waals surface area (Å²) in [6, 6.07) is 6.89. The van der Waals surface area contributed by atoms with Crippen molar-refractivity contribution in [2.75, 3.05) is 18.0 Å². The second kappa shape index (κ2) is 6.07. The van der Waals surface area contributed by atoms with Crippen molar-refractivity contribution in [2.24, 2.45) is 11.7 Å². The second-order valence-corrected chi connectivity index (χ2v) is 6.51. The number of benzene rings is 1. The number of rotatable bonds is 3. The Hall–Kier alpha value is -0.540. The highest BCUT2D eigenvalue weighted by atomic mass is 79.9. The van der Waals surface area contributed by atoms with Gasteiger partial charge in [-0.3, -0.25) is 0 Å². The van der Waals surface area contributed by atoms with Crippen LogP contribution >= 0.6 is 15.9 Å². The first-order valence-corrected chi connectivity index (χ1v) is 7.64. The van der Waals surface area contributed by atoms with Gasteiger partial charge in [-0.05, 0) is 65.7 Å². The van der Waals surface area contributed by atoms with Gasteiger partial charge in [0.25, 0.3) is 0 Å². The molecule has 1 saturated heterocycles. The highest BCUT2D eigenvalue weighted by molar-refractivity contribution is 9.10. The van der Waals surface area contributed by atoms with E-state index < -0.39 is 0 Å². The molecule has 1 fully saturated rings. The van der Waals surface area contributed by atoms with Gasteiger partial charge < -0.3 is 10.6 Å². The van der Waals surface area contributed by atoms with Crippen molar-refractivity contribution >= 4 is 21.6 Å². The minimum Gasteiger partial charge on any atom is -0.370 e. The second-order valence-electron chi connectivity index (χ2n) is 5.66. The maximum Gasteiger partial charge on any atom is 0.0510 e. The van der Waals surface area contributed by atoms with Gasteiger partial charge in [0.15, 0.2) is 0 Å². The Bertz CT molecular complexity index is 403. The van der Waals surface area contributed by atoms with Crippen LogP contribution < -0.4 is 10.6 Å². The average molecular weight is 311 g/mol. The van der Waals surface area contributed by atoms with Crippen molar-refractivity contribution in [3.63, 3.8) is 0 Å². The summed E-state index contributed by atoms with van der Waals surface area (Å²) in [5, 5.41) is 0. The summed E-state index contributed by atoms with van der Waals surface area (Å²) in [5.41, 5.74) is 8.49. The predicted octanol–water partition coefficient (Wildman–Crippen LogP) is 3.58. The Balaban J connectivity index is 2.13. The molecule has 2 atom stereocenters. The van der Waals surface area contributed by atoms with E-state index in [1.165, 1.54) is 41.7 Å².